The third-order valence-electron chi connectivity index (χ3n) is 10.8. The van der Waals surface area contributed by atoms with Crippen LogP contribution in [-0.2, 0) is 5.41 Å². The molecule has 0 fully saturated rings. The van der Waals surface area contributed by atoms with Gasteiger partial charge in [-0.1, -0.05) is 74.5 Å². The molecular formula is C49H35NSe. The molecule has 9 aromatic rings. The zero-order chi connectivity index (χ0) is 34.1. The Morgan fingerprint density at radius 1 is 0.412 bits per heavy atom. The first-order chi connectivity index (χ1) is 25.0. The van der Waals surface area contributed by atoms with E-state index in [0.717, 1.165) is 17.1 Å². The first-order valence-corrected chi connectivity index (χ1v) is 19.4. The van der Waals surface area contributed by atoms with Crippen molar-refractivity contribution in [3.8, 4) is 33.4 Å². The van der Waals surface area contributed by atoms with Gasteiger partial charge in [0.1, 0.15) is 0 Å². The Kier molecular flexibility index (Phi) is 6.93. The summed E-state index contributed by atoms with van der Waals surface area (Å²) in [6, 6.07) is 65.2. The topological polar surface area (TPSA) is 3.24 Å². The van der Waals surface area contributed by atoms with Crippen molar-refractivity contribution in [2.24, 2.45) is 0 Å². The predicted octanol–water partition coefficient (Wildman–Crippen LogP) is 13.3. The van der Waals surface area contributed by atoms with Crippen molar-refractivity contribution in [1.82, 2.24) is 0 Å². The van der Waals surface area contributed by atoms with Gasteiger partial charge in [-0.05, 0) is 22.3 Å². The Balaban J connectivity index is 1.12. The van der Waals surface area contributed by atoms with Crippen LogP contribution in [0.25, 0.3) is 63.4 Å². The molecule has 1 aliphatic rings. The second-order valence-electron chi connectivity index (χ2n) is 14.2. The molecule has 1 nitrogen and oxygen atoms in total. The van der Waals surface area contributed by atoms with Crippen LogP contribution in [0.3, 0.4) is 0 Å². The SMILES string of the molecule is CC1(C)c2ccccc2-c2ccc(N(c3cccc(-c4ccccc4)c3)c3cccc(-c4ccc5c(ccc6c7ccccc7[se]c56)c4)c3)cc21. The molecule has 10 rings (SSSR count). The van der Waals surface area contributed by atoms with Crippen LogP contribution in [0.4, 0.5) is 17.1 Å². The van der Waals surface area contributed by atoms with E-state index in [1.807, 2.05) is 0 Å². The fraction of sp³-hybridized carbons (Fsp3) is 0.0612. The maximum atomic E-state index is 2.43. The maximum absolute atomic E-state index is 2.43. The molecule has 0 N–H and O–H groups in total. The Morgan fingerprint density at radius 3 is 1.86 bits per heavy atom. The van der Waals surface area contributed by atoms with Crippen LogP contribution in [-0.4, -0.2) is 14.5 Å². The third kappa shape index (κ3) is 4.90. The number of anilines is 3. The van der Waals surface area contributed by atoms with Crippen LogP contribution >= 0.6 is 0 Å². The Morgan fingerprint density at radius 2 is 1.04 bits per heavy atom. The number of hydrogen-bond acceptors (Lipinski definition) is 1. The van der Waals surface area contributed by atoms with Crippen molar-refractivity contribution < 1.29 is 0 Å². The summed E-state index contributed by atoms with van der Waals surface area (Å²) in [6.45, 7) is 4.72. The standard InChI is InChI=1S/C49H35NSe/c1-49(2)45-20-8-6-18-41(45)42-27-24-39(31-46(42)49)50(37-16-10-14-33(29-37)32-12-4-3-5-13-32)38-17-11-15-34(30-38)35-22-25-40-36(28-35)23-26-44-43-19-7-9-21-47(43)51-48(40)44/h3-31H,1-2H3. The van der Waals surface area contributed by atoms with Crippen LogP contribution in [0.15, 0.2) is 176 Å². The van der Waals surface area contributed by atoms with Gasteiger partial charge in [0.25, 0.3) is 0 Å². The summed E-state index contributed by atoms with van der Waals surface area (Å²) < 4.78 is 2.99. The average Bonchev–Trinajstić information content (AvgIpc) is 3.68. The molecule has 0 amide bonds. The Hall–Kier alpha value is -5.66. The van der Waals surface area contributed by atoms with E-state index in [0.29, 0.717) is 14.5 Å². The van der Waals surface area contributed by atoms with Gasteiger partial charge in [-0.15, -0.1) is 0 Å². The van der Waals surface area contributed by atoms with Gasteiger partial charge in [0.05, 0.1) is 0 Å². The molecule has 0 aliphatic heterocycles. The molecule has 1 heterocycles. The van der Waals surface area contributed by atoms with Crippen molar-refractivity contribution in [2.75, 3.05) is 4.90 Å². The molecule has 0 saturated heterocycles. The summed E-state index contributed by atoms with van der Waals surface area (Å²) in [7, 11) is 0. The number of hydrogen-bond donors (Lipinski definition) is 0. The molecule has 0 unspecified atom stereocenters. The van der Waals surface area contributed by atoms with Crippen LogP contribution in [0.1, 0.15) is 25.0 Å². The molecule has 0 spiro atoms. The first-order valence-electron chi connectivity index (χ1n) is 17.7. The van der Waals surface area contributed by atoms with E-state index >= 15 is 0 Å². The van der Waals surface area contributed by atoms with E-state index in [2.05, 4.69) is 195 Å². The summed E-state index contributed by atoms with van der Waals surface area (Å²) in [5.41, 5.74) is 13.6. The molecule has 0 bridgehead atoms. The summed E-state index contributed by atoms with van der Waals surface area (Å²) in [4.78, 5) is 2.43. The Bertz CT molecular complexity index is 2790. The minimum atomic E-state index is -0.0880. The second kappa shape index (κ2) is 11.7. The van der Waals surface area contributed by atoms with Crippen molar-refractivity contribution in [3.63, 3.8) is 0 Å². The molecule has 2 heteroatoms. The molecule has 0 saturated carbocycles. The molecular weight excluding hydrogens is 682 g/mol. The van der Waals surface area contributed by atoms with Crippen molar-refractivity contribution in [1.29, 1.82) is 0 Å². The number of benzene rings is 8. The quantitative estimate of drug-likeness (QED) is 0.160. The molecule has 242 valence electrons. The summed E-state index contributed by atoms with van der Waals surface area (Å²) in [6.07, 6.45) is 0. The van der Waals surface area contributed by atoms with Crippen molar-refractivity contribution in [3.05, 3.63) is 187 Å². The second-order valence-corrected chi connectivity index (χ2v) is 16.4. The number of rotatable bonds is 5. The zero-order valence-corrected chi connectivity index (χ0v) is 30.3. The van der Waals surface area contributed by atoms with E-state index in [-0.39, 0.29) is 5.41 Å². The van der Waals surface area contributed by atoms with Crippen LogP contribution in [0.2, 0.25) is 0 Å². The van der Waals surface area contributed by atoms with E-state index in [1.165, 1.54) is 74.6 Å². The summed E-state index contributed by atoms with van der Waals surface area (Å²) in [5, 5.41) is 5.49. The normalized spacial score (nSPS) is 13.1. The predicted molar refractivity (Wildman–Crippen MR) is 219 cm³/mol. The number of fused-ring (bicyclic) bond motifs is 8. The zero-order valence-electron chi connectivity index (χ0n) is 28.6. The average molecular weight is 717 g/mol. The van der Waals surface area contributed by atoms with E-state index < -0.39 is 0 Å². The summed E-state index contributed by atoms with van der Waals surface area (Å²) in [5.74, 6) is 0. The van der Waals surface area contributed by atoms with Crippen LogP contribution < -0.4 is 4.90 Å². The Labute approximate surface area is 304 Å². The van der Waals surface area contributed by atoms with Crippen LogP contribution in [0, 0.1) is 0 Å². The van der Waals surface area contributed by atoms with Gasteiger partial charge >= 0.3 is 204 Å². The fourth-order valence-corrected chi connectivity index (χ4v) is 10.8. The monoisotopic (exact) mass is 717 g/mol. The van der Waals surface area contributed by atoms with Crippen molar-refractivity contribution >= 4 is 61.6 Å². The third-order valence-corrected chi connectivity index (χ3v) is 13.4. The molecule has 51 heavy (non-hydrogen) atoms. The van der Waals surface area contributed by atoms with E-state index in [9.17, 15) is 0 Å². The van der Waals surface area contributed by atoms with Crippen LogP contribution in [0.5, 0.6) is 0 Å². The van der Waals surface area contributed by atoms with Gasteiger partial charge in [-0.25, -0.2) is 0 Å². The van der Waals surface area contributed by atoms with Gasteiger partial charge < -0.3 is 0 Å². The van der Waals surface area contributed by atoms with Gasteiger partial charge in [0, 0.05) is 5.41 Å². The summed E-state index contributed by atoms with van der Waals surface area (Å²) >= 11 is 0.327. The van der Waals surface area contributed by atoms with Gasteiger partial charge in [-0.3, -0.25) is 0 Å². The minimum absolute atomic E-state index is 0.0880. The van der Waals surface area contributed by atoms with Gasteiger partial charge in [-0.2, -0.15) is 0 Å². The number of nitrogens with zero attached hydrogens (tertiary/aromatic N) is 1. The molecule has 8 aromatic carbocycles. The molecule has 0 atom stereocenters. The fourth-order valence-electron chi connectivity index (χ4n) is 8.25. The molecule has 1 aromatic heterocycles. The molecule has 1 aliphatic carbocycles. The van der Waals surface area contributed by atoms with Gasteiger partial charge in [0.2, 0.25) is 0 Å². The van der Waals surface area contributed by atoms with Crippen molar-refractivity contribution in [2.45, 2.75) is 19.3 Å². The van der Waals surface area contributed by atoms with E-state index in [1.54, 1.807) is 0 Å². The van der Waals surface area contributed by atoms with Gasteiger partial charge in [0.15, 0.2) is 0 Å². The van der Waals surface area contributed by atoms with E-state index in [4.69, 9.17) is 0 Å². The first kappa shape index (κ1) is 30.2. The molecule has 0 radical (unpaired) electrons.